The molecule has 0 aliphatic rings. The van der Waals surface area contributed by atoms with Crippen LogP contribution in [0.5, 0.6) is 0 Å². The van der Waals surface area contributed by atoms with Crippen LogP contribution in [0, 0.1) is 17.2 Å². The molecule has 0 aromatic rings. The van der Waals surface area contributed by atoms with Crippen molar-refractivity contribution in [3.63, 3.8) is 0 Å². The molecular weight excluding hydrogens is 200 g/mol. The average molecular weight is 224 g/mol. The van der Waals surface area contributed by atoms with Crippen molar-refractivity contribution in [3.05, 3.63) is 0 Å². The van der Waals surface area contributed by atoms with Crippen LogP contribution < -0.4 is 0 Å². The molecule has 0 aromatic carbocycles. The molecule has 92 valence electrons. The van der Waals surface area contributed by atoms with E-state index in [0.717, 1.165) is 32.1 Å². The minimum Gasteiger partial charge on any atom is -0.329 e. The molecule has 0 saturated carbocycles. The first-order valence-corrected chi connectivity index (χ1v) is 6.36. The van der Waals surface area contributed by atoms with Gasteiger partial charge in [0.15, 0.2) is 0 Å². The number of amides is 1. The summed E-state index contributed by atoms with van der Waals surface area (Å²) in [6.45, 7) is 7.15. The topological polar surface area (TPSA) is 44.1 Å². The zero-order chi connectivity index (χ0) is 12.4. The van der Waals surface area contributed by atoms with E-state index in [1.807, 2.05) is 6.92 Å². The molecule has 3 nitrogen and oxygen atoms in total. The van der Waals surface area contributed by atoms with E-state index in [1.165, 1.54) is 0 Å². The third-order valence-electron chi connectivity index (χ3n) is 2.81. The van der Waals surface area contributed by atoms with Gasteiger partial charge in [-0.3, -0.25) is 4.79 Å². The highest BCUT2D eigenvalue weighted by Gasteiger charge is 2.21. The molecule has 1 atom stereocenters. The van der Waals surface area contributed by atoms with Crippen molar-refractivity contribution in [1.29, 1.82) is 5.26 Å². The van der Waals surface area contributed by atoms with Gasteiger partial charge in [-0.15, -0.1) is 0 Å². The van der Waals surface area contributed by atoms with Gasteiger partial charge in [0.25, 0.3) is 0 Å². The first kappa shape index (κ1) is 15.0. The fourth-order valence-corrected chi connectivity index (χ4v) is 1.83. The molecule has 0 radical (unpaired) electrons. The van der Waals surface area contributed by atoms with Gasteiger partial charge in [0.2, 0.25) is 5.91 Å². The number of hydrogen-bond acceptors (Lipinski definition) is 2. The first-order valence-electron chi connectivity index (χ1n) is 6.36. The normalized spacial score (nSPS) is 11.9. The Bertz CT molecular complexity index is 233. The molecule has 3 heteroatoms. The van der Waals surface area contributed by atoms with Crippen molar-refractivity contribution in [3.8, 4) is 6.07 Å². The van der Waals surface area contributed by atoms with E-state index in [4.69, 9.17) is 5.26 Å². The molecule has 0 aliphatic carbocycles. The van der Waals surface area contributed by atoms with E-state index in [9.17, 15) is 4.79 Å². The number of carbonyl (C=O) groups excluding carboxylic acids is 1. The molecule has 0 bridgehead atoms. The van der Waals surface area contributed by atoms with Crippen LogP contribution in [0.2, 0.25) is 0 Å². The lowest BCUT2D eigenvalue weighted by atomic mass is 9.97. The van der Waals surface area contributed by atoms with Gasteiger partial charge in [-0.05, 0) is 19.3 Å². The van der Waals surface area contributed by atoms with Crippen LogP contribution in [0.1, 0.15) is 52.9 Å². The lowest BCUT2D eigenvalue weighted by Crippen LogP contribution is -2.37. The zero-order valence-corrected chi connectivity index (χ0v) is 10.8. The third kappa shape index (κ3) is 5.16. The van der Waals surface area contributed by atoms with Crippen LogP contribution in [-0.4, -0.2) is 23.9 Å². The highest BCUT2D eigenvalue weighted by atomic mass is 16.2. The largest absolute Gasteiger partial charge is 0.329 e. The van der Waals surface area contributed by atoms with Crippen LogP contribution in [0.4, 0.5) is 0 Å². The summed E-state index contributed by atoms with van der Waals surface area (Å²) in [6, 6.07) is 2.07. The predicted molar refractivity (Wildman–Crippen MR) is 65.8 cm³/mol. The summed E-state index contributed by atoms with van der Waals surface area (Å²) >= 11 is 0. The van der Waals surface area contributed by atoms with Crippen LogP contribution in [0.15, 0.2) is 0 Å². The lowest BCUT2D eigenvalue weighted by molar-refractivity contribution is -0.135. The summed E-state index contributed by atoms with van der Waals surface area (Å²) < 4.78 is 0. The summed E-state index contributed by atoms with van der Waals surface area (Å²) in [7, 11) is 0. The molecule has 0 N–H and O–H groups in total. The minimum absolute atomic E-state index is 0.111. The van der Waals surface area contributed by atoms with Crippen molar-refractivity contribution >= 4 is 5.91 Å². The van der Waals surface area contributed by atoms with Gasteiger partial charge >= 0.3 is 0 Å². The Morgan fingerprint density at radius 3 is 2.44 bits per heavy atom. The highest BCUT2D eigenvalue weighted by Crippen LogP contribution is 2.16. The van der Waals surface area contributed by atoms with Gasteiger partial charge in [-0.25, -0.2) is 0 Å². The van der Waals surface area contributed by atoms with E-state index in [2.05, 4.69) is 19.9 Å². The van der Waals surface area contributed by atoms with Crippen LogP contribution >= 0.6 is 0 Å². The Hall–Kier alpha value is -1.04. The summed E-state index contributed by atoms with van der Waals surface area (Å²) in [5, 5.41) is 8.70. The van der Waals surface area contributed by atoms with Gasteiger partial charge in [-0.2, -0.15) is 5.26 Å². The summed E-state index contributed by atoms with van der Waals surface area (Å²) in [5.74, 6) is 0.277. The number of hydrogen-bond donors (Lipinski definition) is 0. The molecule has 0 saturated heterocycles. The second kappa shape index (κ2) is 9.21. The van der Waals surface area contributed by atoms with Gasteiger partial charge in [0, 0.05) is 12.5 Å². The quantitative estimate of drug-likeness (QED) is 0.595. The zero-order valence-electron chi connectivity index (χ0n) is 10.8. The maximum absolute atomic E-state index is 12.1. The van der Waals surface area contributed by atoms with E-state index >= 15 is 0 Å². The molecule has 1 unspecified atom stereocenters. The second-order valence-corrected chi connectivity index (χ2v) is 4.17. The van der Waals surface area contributed by atoms with E-state index in [0.29, 0.717) is 6.54 Å². The Morgan fingerprint density at radius 2 is 2.00 bits per heavy atom. The number of nitrogens with zero attached hydrogens (tertiary/aromatic N) is 2. The van der Waals surface area contributed by atoms with Crippen molar-refractivity contribution < 1.29 is 4.79 Å². The minimum atomic E-state index is 0.111. The number of rotatable bonds is 8. The van der Waals surface area contributed by atoms with Crippen LogP contribution in [-0.2, 0) is 4.79 Å². The fourth-order valence-electron chi connectivity index (χ4n) is 1.83. The molecule has 0 aromatic heterocycles. The van der Waals surface area contributed by atoms with E-state index < -0.39 is 0 Å². The Kier molecular flexibility index (Phi) is 8.61. The molecule has 0 rings (SSSR count). The number of carbonyl (C=O) groups is 1. The van der Waals surface area contributed by atoms with Gasteiger partial charge < -0.3 is 4.90 Å². The summed E-state index contributed by atoms with van der Waals surface area (Å²) in [5.41, 5.74) is 0. The van der Waals surface area contributed by atoms with Crippen molar-refractivity contribution in [2.24, 2.45) is 5.92 Å². The summed E-state index contributed by atoms with van der Waals surface area (Å²) in [6.07, 6.45) is 4.96. The molecule has 0 aliphatic heterocycles. The second-order valence-electron chi connectivity index (χ2n) is 4.17. The molecule has 0 heterocycles. The van der Waals surface area contributed by atoms with Gasteiger partial charge in [0.05, 0.1) is 6.07 Å². The van der Waals surface area contributed by atoms with Gasteiger partial charge in [0.1, 0.15) is 6.54 Å². The van der Waals surface area contributed by atoms with Crippen molar-refractivity contribution in [2.75, 3.05) is 13.1 Å². The standard InChI is InChI=1S/C13H24N2O/c1-4-7-8-12(6-3)13(16)15(10-5-2)11-9-14/h12H,4-8,10-11H2,1-3H3. The van der Waals surface area contributed by atoms with Crippen LogP contribution in [0.25, 0.3) is 0 Å². The molecule has 1 amide bonds. The first-order chi connectivity index (χ1) is 7.71. The summed E-state index contributed by atoms with van der Waals surface area (Å²) in [4.78, 5) is 13.8. The molecule has 0 spiro atoms. The Labute approximate surface area is 99.4 Å². The van der Waals surface area contributed by atoms with E-state index in [1.54, 1.807) is 4.90 Å². The molecular formula is C13H24N2O. The van der Waals surface area contributed by atoms with Crippen molar-refractivity contribution in [2.45, 2.75) is 52.9 Å². The van der Waals surface area contributed by atoms with Crippen LogP contribution in [0.3, 0.4) is 0 Å². The maximum atomic E-state index is 12.1. The van der Waals surface area contributed by atoms with Gasteiger partial charge in [-0.1, -0.05) is 33.6 Å². The fraction of sp³-hybridized carbons (Fsp3) is 0.846. The molecule has 0 fully saturated rings. The Balaban J connectivity index is 4.36. The average Bonchev–Trinajstić information content (AvgIpc) is 2.29. The lowest BCUT2D eigenvalue weighted by Gasteiger charge is -2.24. The highest BCUT2D eigenvalue weighted by molar-refractivity contribution is 5.79. The number of nitriles is 1. The SMILES string of the molecule is CCCCC(CC)C(=O)N(CC#N)CCC. The Morgan fingerprint density at radius 1 is 1.31 bits per heavy atom. The third-order valence-corrected chi connectivity index (χ3v) is 2.81. The molecule has 16 heavy (non-hydrogen) atoms. The van der Waals surface area contributed by atoms with Crippen molar-refractivity contribution in [1.82, 2.24) is 4.90 Å². The maximum Gasteiger partial charge on any atom is 0.226 e. The predicted octanol–water partition coefficient (Wildman–Crippen LogP) is 2.96. The number of unbranched alkanes of at least 4 members (excludes halogenated alkanes) is 1. The smallest absolute Gasteiger partial charge is 0.226 e. The van der Waals surface area contributed by atoms with E-state index in [-0.39, 0.29) is 18.4 Å². The monoisotopic (exact) mass is 224 g/mol.